The van der Waals surface area contributed by atoms with E-state index in [2.05, 4.69) is 18.7 Å². The molecule has 0 unspecified atom stereocenters. The van der Waals surface area contributed by atoms with Crippen LogP contribution in [-0.4, -0.2) is 52.2 Å². The predicted molar refractivity (Wildman–Crippen MR) is 100 cm³/mol. The standard InChI is InChI=1S/C17H26N2O3S2/c1-4-22-16(21)13-6-8-18(9-7-13)11-14-15(20)19(17(23)24-14)10-5-12(2)3/h11-13H,4-10H2,1-3H3. The van der Waals surface area contributed by atoms with E-state index in [-0.39, 0.29) is 17.8 Å². The number of carbonyl (C=O) groups excluding carboxylic acids is 2. The number of thiocarbonyl (C=S) groups is 1. The maximum atomic E-state index is 12.5. The number of hydrogen-bond donors (Lipinski definition) is 0. The van der Waals surface area contributed by atoms with E-state index in [0.29, 0.717) is 28.3 Å². The summed E-state index contributed by atoms with van der Waals surface area (Å²) in [4.78, 5) is 28.8. The van der Waals surface area contributed by atoms with Gasteiger partial charge in [0.05, 0.1) is 17.4 Å². The Bertz CT molecular complexity index is 526. The Morgan fingerprint density at radius 3 is 2.67 bits per heavy atom. The van der Waals surface area contributed by atoms with Crippen molar-refractivity contribution in [1.29, 1.82) is 0 Å². The molecule has 134 valence electrons. The lowest BCUT2D eigenvalue weighted by Crippen LogP contribution is -2.34. The summed E-state index contributed by atoms with van der Waals surface area (Å²) in [5.74, 6) is 0.436. The number of ether oxygens (including phenoxy) is 1. The number of piperidine rings is 1. The molecule has 0 bridgehead atoms. The summed E-state index contributed by atoms with van der Waals surface area (Å²) in [6.07, 6.45) is 4.40. The van der Waals surface area contributed by atoms with E-state index < -0.39 is 0 Å². The van der Waals surface area contributed by atoms with Crippen LogP contribution in [0, 0.1) is 11.8 Å². The van der Waals surface area contributed by atoms with E-state index in [4.69, 9.17) is 17.0 Å². The summed E-state index contributed by atoms with van der Waals surface area (Å²) in [5, 5.41) is 0. The van der Waals surface area contributed by atoms with E-state index in [1.165, 1.54) is 11.8 Å². The van der Waals surface area contributed by atoms with Crippen molar-refractivity contribution in [1.82, 2.24) is 9.80 Å². The van der Waals surface area contributed by atoms with Gasteiger partial charge in [-0.1, -0.05) is 37.8 Å². The molecule has 0 aromatic heterocycles. The molecule has 1 amide bonds. The average molecular weight is 371 g/mol. The second kappa shape index (κ2) is 8.85. The topological polar surface area (TPSA) is 49.9 Å². The van der Waals surface area contributed by atoms with Crippen LogP contribution in [0.5, 0.6) is 0 Å². The SMILES string of the molecule is CCOC(=O)C1CCN(C=C2SC(=S)N(CCC(C)C)C2=O)CC1. The highest BCUT2D eigenvalue weighted by Gasteiger charge is 2.33. The molecule has 2 aliphatic heterocycles. The van der Waals surface area contributed by atoms with Crippen LogP contribution >= 0.6 is 24.0 Å². The molecule has 2 aliphatic rings. The minimum atomic E-state index is -0.0999. The van der Waals surface area contributed by atoms with Crippen molar-refractivity contribution in [3.8, 4) is 0 Å². The molecule has 0 saturated carbocycles. The molecule has 2 saturated heterocycles. The lowest BCUT2D eigenvalue weighted by atomic mass is 9.97. The smallest absolute Gasteiger partial charge is 0.309 e. The van der Waals surface area contributed by atoms with Gasteiger partial charge in [0.25, 0.3) is 5.91 Å². The number of nitrogens with zero attached hydrogens (tertiary/aromatic N) is 2. The van der Waals surface area contributed by atoms with Crippen LogP contribution in [0.25, 0.3) is 0 Å². The van der Waals surface area contributed by atoms with Gasteiger partial charge in [-0.25, -0.2) is 0 Å². The van der Waals surface area contributed by atoms with E-state index in [0.717, 1.165) is 32.4 Å². The molecule has 24 heavy (non-hydrogen) atoms. The van der Waals surface area contributed by atoms with Crippen LogP contribution < -0.4 is 0 Å². The van der Waals surface area contributed by atoms with Crippen molar-refractivity contribution in [2.75, 3.05) is 26.2 Å². The maximum Gasteiger partial charge on any atom is 0.309 e. The number of rotatable bonds is 6. The molecule has 2 fully saturated rings. The van der Waals surface area contributed by atoms with E-state index >= 15 is 0 Å². The number of likely N-dealkylation sites (tertiary alicyclic amines) is 1. The normalized spacial score (nSPS) is 21.2. The predicted octanol–water partition coefficient (Wildman–Crippen LogP) is 3.01. The molecule has 0 radical (unpaired) electrons. The molecule has 0 atom stereocenters. The summed E-state index contributed by atoms with van der Waals surface area (Å²) in [5.41, 5.74) is 0. The summed E-state index contributed by atoms with van der Waals surface area (Å²) >= 11 is 6.72. The minimum absolute atomic E-state index is 0.0122. The zero-order valence-corrected chi connectivity index (χ0v) is 16.3. The minimum Gasteiger partial charge on any atom is -0.466 e. The third-order valence-electron chi connectivity index (χ3n) is 4.25. The number of carbonyl (C=O) groups is 2. The van der Waals surface area contributed by atoms with Gasteiger partial charge in [0.1, 0.15) is 4.32 Å². The highest BCUT2D eigenvalue weighted by Crippen LogP contribution is 2.32. The summed E-state index contributed by atoms with van der Waals surface area (Å²) in [6.45, 7) is 8.75. The molecule has 0 aromatic rings. The molecular formula is C17H26N2O3S2. The Hall–Kier alpha value is -1.08. The fourth-order valence-corrected chi connectivity index (χ4v) is 4.08. The zero-order chi connectivity index (χ0) is 17.7. The third kappa shape index (κ3) is 4.96. The molecule has 2 rings (SSSR count). The molecule has 0 aromatic carbocycles. The van der Waals surface area contributed by atoms with Crippen LogP contribution in [0.15, 0.2) is 11.1 Å². The van der Waals surface area contributed by atoms with Crippen LogP contribution in [0.3, 0.4) is 0 Å². The molecule has 0 N–H and O–H groups in total. The first-order valence-electron chi connectivity index (χ1n) is 8.58. The van der Waals surface area contributed by atoms with E-state index in [1.54, 1.807) is 4.90 Å². The van der Waals surface area contributed by atoms with Crippen LogP contribution in [0.1, 0.15) is 40.0 Å². The molecule has 5 nitrogen and oxygen atoms in total. The van der Waals surface area contributed by atoms with Gasteiger partial charge in [0.15, 0.2) is 0 Å². The van der Waals surface area contributed by atoms with Gasteiger partial charge in [-0.3, -0.25) is 14.5 Å². The summed E-state index contributed by atoms with van der Waals surface area (Å²) in [6, 6.07) is 0. The van der Waals surface area contributed by atoms with Gasteiger partial charge in [-0.15, -0.1) is 0 Å². The first-order chi connectivity index (χ1) is 11.4. The van der Waals surface area contributed by atoms with Gasteiger partial charge in [0.2, 0.25) is 0 Å². The average Bonchev–Trinajstić information content (AvgIpc) is 2.80. The van der Waals surface area contributed by atoms with E-state index in [9.17, 15) is 9.59 Å². The van der Waals surface area contributed by atoms with Crippen molar-refractivity contribution < 1.29 is 14.3 Å². The second-order valence-electron chi connectivity index (χ2n) is 6.56. The zero-order valence-electron chi connectivity index (χ0n) is 14.6. The van der Waals surface area contributed by atoms with Crippen molar-refractivity contribution in [3.63, 3.8) is 0 Å². The van der Waals surface area contributed by atoms with Crippen molar-refractivity contribution in [2.45, 2.75) is 40.0 Å². The first kappa shape index (κ1) is 19.2. The fourth-order valence-electron chi connectivity index (χ4n) is 2.76. The third-order valence-corrected chi connectivity index (χ3v) is 5.62. The van der Waals surface area contributed by atoms with Gasteiger partial charge in [-0.05, 0) is 32.1 Å². The number of esters is 1. The van der Waals surface area contributed by atoms with Crippen LogP contribution in [0.4, 0.5) is 0 Å². The molecule has 0 spiro atoms. The van der Waals surface area contributed by atoms with Gasteiger partial charge < -0.3 is 9.64 Å². The summed E-state index contributed by atoms with van der Waals surface area (Å²) < 4.78 is 5.73. The number of hydrogen-bond acceptors (Lipinski definition) is 6. The largest absolute Gasteiger partial charge is 0.466 e. The monoisotopic (exact) mass is 370 g/mol. The Morgan fingerprint density at radius 2 is 2.08 bits per heavy atom. The van der Waals surface area contributed by atoms with Crippen molar-refractivity contribution in [2.24, 2.45) is 11.8 Å². The maximum absolute atomic E-state index is 12.5. The van der Waals surface area contributed by atoms with Crippen molar-refractivity contribution in [3.05, 3.63) is 11.1 Å². The summed E-state index contributed by atoms with van der Waals surface area (Å²) in [7, 11) is 0. The number of thioether (sulfide) groups is 1. The molecular weight excluding hydrogens is 344 g/mol. The molecule has 7 heteroatoms. The highest BCUT2D eigenvalue weighted by molar-refractivity contribution is 8.26. The van der Waals surface area contributed by atoms with Gasteiger partial charge in [-0.2, -0.15) is 0 Å². The quantitative estimate of drug-likeness (QED) is 0.407. The Labute approximate surface area is 153 Å². The number of amides is 1. The van der Waals surface area contributed by atoms with Crippen LogP contribution in [0.2, 0.25) is 0 Å². The Balaban J connectivity index is 1.90. The first-order valence-corrected chi connectivity index (χ1v) is 9.81. The van der Waals surface area contributed by atoms with Gasteiger partial charge >= 0.3 is 5.97 Å². The Kier molecular flexibility index (Phi) is 7.10. The second-order valence-corrected chi connectivity index (χ2v) is 8.24. The van der Waals surface area contributed by atoms with Crippen molar-refractivity contribution >= 4 is 40.2 Å². The molecule has 2 heterocycles. The highest BCUT2D eigenvalue weighted by atomic mass is 32.2. The fraction of sp³-hybridized carbons (Fsp3) is 0.706. The lowest BCUT2D eigenvalue weighted by molar-refractivity contribution is -0.149. The van der Waals surface area contributed by atoms with Gasteiger partial charge in [0, 0.05) is 25.8 Å². The van der Waals surface area contributed by atoms with Crippen LogP contribution in [-0.2, 0) is 14.3 Å². The lowest BCUT2D eigenvalue weighted by Gasteiger charge is -2.30. The molecule has 0 aliphatic carbocycles. The van der Waals surface area contributed by atoms with E-state index in [1.807, 2.05) is 13.1 Å². The Morgan fingerprint density at radius 1 is 1.42 bits per heavy atom.